The monoisotopic (exact) mass is 458 g/mol. The molecule has 0 saturated heterocycles. The molecule has 0 atom stereocenters. The minimum absolute atomic E-state index is 0. The molecule has 0 aromatic carbocycles. The van der Waals surface area contributed by atoms with Gasteiger partial charge in [-0.05, 0) is 0 Å². The van der Waals surface area contributed by atoms with E-state index < -0.39 is 6.16 Å². The van der Waals surface area contributed by atoms with E-state index in [2.05, 4.69) is 0 Å². The molecule has 0 rings (SSSR count). The maximum atomic E-state index is 8.56. The molecule has 10 nitrogen and oxygen atoms in total. The fourth-order valence-electron chi connectivity index (χ4n) is 0. The third kappa shape index (κ3) is 811. The fraction of sp³-hybridized carbons (Fsp3) is 0. The van der Waals surface area contributed by atoms with Crippen molar-refractivity contribution in [2.24, 2.45) is 0 Å². The Morgan fingerprint density at radius 3 is 0.571 bits per heavy atom. The molecule has 0 aromatic heterocycles. The van der Waals surface area contributed by atoms with E-state index in [1.54, 1.807) is 0 Å². The number of hydrogen-bond acceptors (Lipinski definition) is 1. The van der Waals surface area contributed by atoms with Crippen molar-refractivity contribution in [2.75, 3.05) is 0 Å². The molecule has 0 spiro atoms. The van der Waals surface area contributed by atoms with Crippen LogP contribution in [0.2, 0.25) is 0 Å². The largest absolute Gasteiger partial charge is 0.503 e. The van der Waals surface area contributed by atoms with Gasteiger partial charge in [0.05, 0.1) is 0 Å². The summed E-state index contributed by atoms with van der Waals surface area (Å²) in [4.78, 5) is 8.56. The van der Waals surface area contributed by atoms with E-state index in [9.17, 15) is 0 Å². The van der Waals surface area contributed by atoms with Gasteiger partial charge in [-0.1, -0.05) is 0 Å². The molecule has 0 aliphatic heterocycles. The van der Waals surface area contributed by atoms with Crippen LogP contribution in [0.5, 0.6) is 0 Å². The Morgan fingerprint density at radius 2 is 0.571 bits per heavy atom. The number of carboxylic acid groups (broad SMARTS) is 2. The predicted octanol–water partition coefficient (Wildman–Crippen LogP) is -5.56. The van der Waals surface area contributed by atoms with E-state index in [-0.39, 0.29) is 117 Å². The summed E-state index contributed by atoms with van der Waals surface area (Å²) in [6.07, 6.45) is -1.83. The van der Waals surface area contributed by atoms with Crippen molar-refractivity contribution in [2.45, 2.75) is 0 Å². The summed E-state index contributed by atoms with van der Waals surface area (Å²) in [6, 6.07) is 0. The molecule has 0 fully saturated rings. The van der Waals surface area contributed by atoms with Crippen LogP contribution in [0.25, 0.3) is 0 Å². The SMILES string of the molecule is O.O.O.O.O.O.O.O=C(O)O.[Zr].[Zr].[Zr]. The molecule has 0 aliphatic rings. The number of hydrogen-bond donors (Lipinski definition) is 2. The van der Waals surface area contributed by atoms with Crippen LogP contribution in [0.1, 0.15) is 0 Å². The zero-order chi connectivity index (χ0) is 3.58. The normalized spacial score (nSPS) is 1.71. The van der Waals surface area contributed by atoms with Crippen LogP contribution in [-0.2, 0) is 78.6 Å². The van der Waals surface area contributed by atoms with Crippen LogP contribution in [-0.4, -0.2) is 54.7 Å². The molecule has 0 unspecified atom stereocenters. The summed E-state index contributed by atoms with van der Waals surface area (Å²) in [6.45, 7) is 0. The van der Waals surface area contributed by atoms with E-state index in [0.29, 0.717) is 0 Å². The quantitative estimate of drug-likeness (QED) is 0.357. The van der Waals surface area contributed by atoms with E-state index in [4.69, 9.17) is 15.0 Å². The first-order chi connectivity index (χ1) is 1.73. The molecule has 0 radical (unpaired) electrons. The van der Waals surface area contributed by atoms with Crippen molar-refractivity contribution in [3.8, 4) is 0 Å². The van der Waals surface area contributed by atoms with Crippen LogP contribution in [0.15, 0.2) is 0 Å². The minimum atomic E-state index is -1.83. The van der Waals surface area contributed by atoms with Gasteiger partial charge in [0.15, 0.2) is 0 Å². The Balaban J connectivity index is -0.000000001000. The van der Waals surface area contributed by atoms with Gasteiger partial charge < -0.3 is 48.5 Å². The fourth-order valence-corrected chi connectivity index (χ4v) is 0. The first-order valence-corrected chi connectivity index (χ1v) is 0.651. The zero-order valence-corrected chi connectivity index (χ0v) is 14.2. The van der Waals surface area contributed by atoms with Crippen LogP contribution in [0.3, 0.4) is 0 Å². The topological polar surface area (TPSA) is 278 Å². The molecule has 0 aliphatic carbocycles. The summed E-state index contributed by atoms with van der Waals surface area (Å²) < 4.78 is 0. The van der Waals surface area contributed by atoms with Gasteiger partial charge in [0, 0.05) is 78.6 Å². The molecule has 0 bridgehead atoms. The van der Waals surface area contributed by atoms with Crippen molar-refractivity contribution in [3.05, 3.63) is 0 Å². The number of rotatable bonds is 0. The van der Waals surface area contributed by atoms with E-state index in [1.165, 1.54) is 0 Å². The average Bonchev–Trinajstić information content (AvgIpc) is 0.811. The standard InChI is InChI=1S/CH2O3.7H2O.3Zr/c2-1(3)4;;;;;;;;;;/h(H2,2,3,4);7*1H2;;;. The Bertz CT molecular complexity index is 38.3. The molecule has 16 N–H and O–H groups in total. The average molecular weight is 462 g/mol. The Hall–Kier alpha value is 1.64. The maximum absolute atomic E-state index is 8.56. The zero-order valence-electron chi connectivity index (χ0n) is 6.80. The first kappa shape index (κ1) is 156. The van der Waals surface area contributed by atoms with Crippen molar-refractivity contribution in [3.63, 3.8) is 0 Å². The summed E-state index contributed by atoms with van der Waals surface area (Å²) in [7, 11) is 0. The van der Waals surface area contributed by atoms with Gasteiger partial charge >= 0.3 is 6.16 Å². The van der Waals surface area contributed by atoms with Gasteiger partial charge in [-0.3, -0.25) is 0 Å². The first-order valence-electron chi connectivity index (χ1n) is 0.651. The molecule has 14 heavy (non-hydrogen) atoms. The van der Waals surface area contributed by atoms with Crippen LogP contribution >= 0.6 is 0 Å². The van der Waals surface area contributed by atoms with Gasteiger partial charge in [-0.15, -0.1) is 0 Å². The van der Waals surface area contributed by atoms with Crippen LogP contribution in [0, 0.1) is 0 Å². The van der Waals surface area contributed by atoms with Crippen molar-refractivity contribution >= 4 is 6.16 Å². The minimum Gasteiger partial charge on any atom is -0.450 e. The molecular weight excluding hydrogens is 446 g/mol. The van der Waals surface area contributed by atoms with E-state index in [0.717, 1.165) is 0 Å². The number of carbonyl (C=O) groups is 1. The van der Waals surface area contributed by atoms with Crippen molar-refractivity contribution in [1.29, 1.82) is 0 Å². The second-order valence-corrected chi connectivity index (χ2v) is 0.283. The predicted molar refractivity (Wildman–Crippen MR) is 36.0 cm³/mol. The van der Waals surface area contributed by atoms with Gasteiger partial charge in [0.1, 0.15) is 0 Å². The van der Waals surface area contributed by atoms with Crippen molar-refractivity contribution in [1.82, 2.24) is 0 Å². The van der Waals surface area contributed by atoms with Crippen molar-refractivity contribution < 1.29 is 132 Å². The Labute approximate surface area is 137 Å². The van der Waals surface area contributed by atoms with Gasteiger partial charge in [0.2, 0.25) is 0 Å². The Kier molecular flexibility index (Phi) is 1410. The second-order valence-electron chi connectivity index (χ2n) is 0.283. The van der Waals surface area contributed by atoms with Crippen LogP contribution < -0.4 is 0 Å². The molecule has 0 aromatic rings. The molecular formula is CH16O10Zr3. The molecule has 0 saturated carbocycles. The van der Waals surface area contributed by atoms with Crippen LogP contribution in [0.4, 0.5) is 4.79 Å². The molecule has 13 heteroatoms. The second kappa shape index (κ2) is 127. The summed E-state index contributed by atoms with van der Waals surface area (Å²) in [5, 5.41) is 13.9. The third-order valence-corrected chi connectivity index (χ3v) is 0. The van der Waals surface area contributed by atoms with Gasteiger partial charge in [0.25, 0.3) is 0 Å². The summed E-state index contributed by atoms with van der Waals surface area (Å²) in [5.41, 5.74) is 0. The summed E-state index contributed by atoms with van der Waals surface area (Å²) in [5.74, 6) is 0. The van der Waals surface area contributed by atoms with E-state index >= 15 is 0 Å². The molecule has 0 amide bonds. The molecule has 0 heterocycles. The van der Waals surface area contributed by atoms with Gasteiger partial charge in [-0.2, -0.15) is 0 Å². The maximum Gasteiger partial charge on any atom is 0.503 e. The smallest absolute Gasteiger partial charge is 0.450 e. The third-order valence-electron chi connectivity index (χ3n) is 0. The van der Waals surface area contributed by atoms with E-state index in [1.807, 2.05) is 0 Å². The summed E-state index contributed by atoms with van der Waals surface area (Å²) >= 11 is 0. The molecule has 92 valence electrons. The van der Waals surface area contributed by atoms with Gasteiger partial charge in [-0.25, -0.2) is 4.79 Å². The Morgan fingerprint density at radius 1 is 0.571 bits per heavy atom.